The van der Waals surface area contributed by atoms with Gasteiger partial charge in [-0.25, -0.2) is 4.98 Å². The van der Waals surface area contributed by atoms with Gasteiger partial charge in [0.1, 0.15) is 0 Å². The zero-order valence-corrected chi connectivity index (χ0v) is 8.77. The number of carbonyl (C=O) groups is 2. The molecular weight excluding hydrogens is 212 g/mol. The number of nitrogens with two attached hydrogens (primary N) is 1. The van der Waals surface area contributed by atoms with Crippen LogP contribution in [0.4, 0.5) is 0 Å². The van der Waals surface area contributed by atoms with Crippen molar-refractivity contribution in [3.05, 3.63) is 18.2 Å². The number of hydrogen-bond acceptors (Lipinski definition) is 5. The molecule has 1 aromatic heterocycles. The number of hydrogen-bond donors (Lipinski definition) is 3. The Labute approximate surface area is 92.1 Å². The maximum atomic E-state index is 11.2. The van der Waals surface area contributed by atoms with Crippen LogP contribution in [0.3, 0.4) is 0 Å². The summed E-state index contributed by atoms with van der Waals surface area (Å²) in [5, 5.41) is 13.1. The minimum absolute atomic E-state index is 0.0841. The molecule has 88 valence electrons. The maximum Gasteiger partial charge on any atom is 0.237 e. The monoisotopic (exact) mass is 225 g/mol. The minimum Gasteiger partial charge on any atom is -0.548 e. The van der Waals surface area contributed by atoms with E-state index in [9.17, 15) is 14.7 Å². The average molecular weight is 225 g/mol. The van der Waals surface area contributed by atoms with Crippen LogP contribution in [0.15, 0.2) is 12.5 Å². The average Bonchev–Trinajstić information content (AvgIpc) is 2.68. The third-order valence-electron chi connectivity index (χ3n) is 1.99. The lowest BCUT2D eigenvalue weighted by molar-refractivity contribution is -0.308. The molecule has 1 amide bonds. The van der Waals surface area contributed by atoms with Gasteiger partial charge in [-0.15, -0.1) is 0 Å². The molecule has 0 bridgehead atoms. The summed E-state index contributed by atoms with van der Waals surface area (Å²) in [5.74, 6) is -1.89. The fourth-order valence-corrected chi connectivity index (χ4v) is 1.11. The van der Waals surface area contributed by atoms with Crippen LogP contribution in [0, 0.1) is 0 Å². The summed E-state index contributed by atoms with van der Waals surface area (Å²) in [6, 6.07) is -1.87. The number of nitrogens with zero attached hydrogens (tertiary/aromatic N) is 1. The summed E-state index contributed by atoms with van der Waals surface area (Å²) in [6.45, 7) is 1.47. The molecule has 0 aliphatic carbocycles. The topological polar surface area (TPSA) is 124 Å². The minimum atomic E-state index is -1.36. The van der Waals surface area contributed by atoms with E-state index in [1.54, 1.807) is 0 Å². The highest BCUT2D eigenvalue weighted by molar-refractivity contribution is 5.85. The lowest BCUT2D eigenvalue weighted by Crippen LogP contribution is -2.52. The van der Waals surface area contributed by atoms with Gasteiger partial charge in [0.2, 0.25) is 5.91 Å². The molecule has 1 heterocycles. The molecule has 7 nitrogen and oxygen atoms in total. The standard InChI is InChI=1S/C9H14N4O3/c1-5(10)8(14)13-7(9(15)16)2-6-3-11-4-12-6/h3-5,7H,2,10H2,1H3,(H,11,12)(H,13,14)(H,15,16)/p-1. The van der Waals surface area contributed by atoms with E-state index in [0.29, 0.717) is 5.69 Å². The van der Waals surface area contributed by atoms with Gasteiger partial charge >= 0.3 is 0 Å². The van der Waals surface area contributed by atoms with Crippen molar-refractivity contribution in [2.24, 2.45) is 5.73 Å². The number of aliphatic carboxylic acids is 1. The van der Waals surface area contributed by atoms with Gasteiger partial charge in [0.05, 0.1) is 24.4 Å². The number of carboxylic acids is 1. The van der Waals surface area contributed by atoms with E-state index in [2.05, 4.69) is 15.3 Å². The van der Waals surface area contributed by atoms with Crippen LogP contribution in [0.1, 0.15) is 12.6 Å². The first kappa shape index (κ1) is 12.2. The smallest absolute Gasteiger partial charge is 0.237 e. The first-order valence-corrected chi connectivity index (χ1v) is 4.74. The van der Waals surface area contributed by atoms with Gasteiger partial charge in [-0.3, -0.25) is 4.79 Å². The Hall–Kier alpha value is -1.89. The highest BCUT2D eigenvalue weighted by Crippen LogP contribution is 1.98. The predicted molar refractivity (Wildman–Crippen MR) is 52.9 cm³/mol. The Morgan fingerprint density at radius 1 is 1.69 bits per heavy atom. The number of aromatic nitrogens is 2. The van der Waals surface area contributed by atoms with Crippen molar-refractivity contribution in [3.8, 4) is 0 Å². The molecule has 16 heavy (non-hydrogen) atoms. The highest BCUT2D eigenvalue weighted by atomic mass is 16.4. The zero-order valence-electron chi connectivity index (χ0n) is 8.77. The molecule has 0 aliphatic rings. The molecule has 0 saturated carbocycles. The van der Waals surface area contributed by atoms with Crippen LogP contribution < -0.4 is 16.2 Å². The quantitative estimate of drug-likeness (QED) is 0.512. The fourth-order valence-electron chi connectivity index (χ4n) is 1.11. The van der Waals surface area contributed by atoms with Crippen LogP contribution >= 0.6 is 0 Å². The number of imidazole rings is 1. The molecule has 2 atom stereocenters. The molecule has 7 heteroatoms. The SMILES string of the molecule is CC(N)C(=O)NC(Cc1cnc[nH]1)C(=O)[O-]. The van der Waals surface area contributed by atoms with E-state index in [1.807, 2.05) is 0 Å². The summed E-state index contributed by atoms with van der Waals surface area (Å²) >= 11 is 0. The molecule has 0 radical (unpaired) electrons. The molecule has 0 aliphatic heterocycles. The lowest BCUT2D eigenvalue weighted by Gasteiger charge is -2.20. The molecule has 0 spiro atoms. The zero-order chi connectivity index (χ0) is 12.1. The van der Waals surface area contributed by atoms with Crippen molar-refractivity contribution in [2.45, 2.75) is 25.4 Å². The summed E-state index contributed by atoms with van der Waals surface area (Å²) in [7, 11) is 0. The highest BCUT2D eigenvalue weighted by Gasteiger charge is 2.16. The first-order valence-electron chi connectivity index (χ1n) is 4.74. The Balaban J connectivity index is 2.62. The van der Waals surface area contributed by atoms with Gasteiger partial charge in [0.25, 0.3) is 0 Å². The Morgan fingerprint density at radius 3 is 2.81 bits per heavy atom. The van der Waals surface area contributed by atoms with E-state index in [0.717, 1.165) is 0 Å². The Kier molecular flexibility index (Phi) is 4.01. The van der Waals surface area contributed by atoms with E-state index >= 15 is 0 Å². The van der Waals surface area contributed by atoms with E-state index in [1.165, 1.54) is 19.4 Å². The van der Waals surface area contributed by atoms with Gasteiger partial charge < -0.3 is 25.9 Å². The third-order valence-corrected chi connectivity index (χ3v) is 1.99. The molecule has 1 aromatic rings. The summed E-state index contributed by atoms with van der Waals surface area (Å²) in [6.07, 6.45) is 2.99. The van der Waals surface area contributed by atoms with Crippen molar-refractivity contribution in [2.75, 3.05) is 0 Å². The number of H-pyrrole nitrogens is 1. The van der Waals surface area contributed by atoms with Crippen molar-refractivity contribution in [1.29, 1.82) is 0 Å². The fraction of sp³-hybridized carbons (Fsp3) is 0.444. The number of carbonyl (C=O) groups excluding carboxylic acids is 2. The van der Waals surface area contributed by atoms with Crippen LogP contribution in [-0.2, 0) is 16.0 Å². The molecular formula is C9H13N4O3-. The number of aromatic amines is 1. The van der Waals surface area contributed by atoms with Crippen molar-refractivity contribution >= 4 is 11.9 Å². The molecule has 0 saturated heterocycles. The van der Waals surface area contributed by atoms with Gasteiger partial charge in [0.15, 0.2) is 0 Å². The summed E-state index contributed by atoms with van der Waals surface area (Å²) in [5.41, 5.74) is 5.91. The normalized spacial score (nSPS) is 14.1. The van der Waals surface area contributed by atoms with Crippen LogP contribution in [0.25, 0.3) is 0 Å². The van der Waals surface area contributed by atoms with E-state index in [-0.39, 0.29) is 6.42 Å². The van der Waals surface area contributed by atoms with Gasteiger partial charge in [-0.1, -0.05) is 0 Å². The molecule has 2 unspecified atom stereocenters. The van der Waals surface area contributed by atoms with E-state index < -0.39 is 24.0 Å². The van der Waals surface area contributed by atoms with Crippen LogP contribution in [0.5, 0.6) is 0 Å². The Morgan fingerprint density at radius 2 is 2.38 bits per heavy atom. The number of nitrogens with one attached hydrogen (secondary N) is 2. The number of carboxylic acid groups (broad SMARTS) is 1. The molecule has 1 rings (SSSR count). The first-order chi connectivity index (χ1) is 7.50. The van der Waals surface area contributed by atoms with Crippen molar-refractivity contribution in [3.63, 3.8) is 0 Å². The molecule has 0 fully saturated rings. The van der Waals surface area contributed by atoms with Gasteiger partial charge in [-0.2, -0.15) is 0 Å². The largest absolute Gasteiger partial charge is 0.548 e. The third kappa shape index (κ3) is 3.35. The van der Waals surface area contributed by atoms with Crippen molar-refractivity contribution in [1.82, 2.24) is 15.3 Å². The Bertz CT molecular complexity index is 361. The number of amides is 1. The van der Waals surface area contributed by atoms with Crippen LogP contribution in [-0.4, -0.2) is 33.9 Å². The number of rotatable bonds is 5. The molecule has 4 N–H and O–H groups in total. The van der Waals surface area contributed by atoms with E-state index in [4.69, 9.17) is 5.73 Å². The van der Waals surface area contributed by atoms with Crippen molar-refractivity contribution < 1.29 is 14.7 Å². The van der Waals surface area contributed by atoms with Gasteiger partial charge in [0, 0.05) is 18.3 Å². The second-order valence-corrected chi connectivity index (χ2v) is 3.45. The summed E-state index contributed by atoms with van der Waals surface area (Å²) < 4.78 is 0. The predicted octanol–water partition coefficient (Wildman–Crippen LogP) is -2.47. The second-order valence-electron chi connectivity index (χ2n) is 3.45. The van der Waals surface area contributed by atoms with Gasteiger partial charge in [-0.05, 0) is 6.92 Å². The molecule has 0 aromatic carbocycles. The maximum absolute atomic E-state index is 11.2. The summed E-state index contributed by atoms with van der Waals surface area (Å²) in [4.78, 5) is 28.5. The second kappa shape index (κ2) is 5.26. The lowest BCUT2D eigenvalue weighted by atomic mass is 10.1. The van der Waals surface area contributed by atoms with Crippen LogP contribution in [0.2, 0.25) is 0 Å².